The molecule has 1 aliphatic rings. The van der Waals surface area contributed by atoms with E-state index >= 15 is 0 Å². The van der Waals surface area contributed by atoms with Crippen LogP contribution in [0, 0.1) is 0 Å². The van der Waals surface area contributed by atoms with Crippen LogP contribution in [-0.4, -0.2) is 32.2 Å². The van der Waals surface area contributed by atoms with Crippen LogP contribution in [0.2, 0.25) is 0 Å². The van der Waals surface area contributed by atoms with E-state index in [1.54, 1.807) is 11.8 Å². The van der Waals surface area contributed by atoms with Gasteiger partial charge in [-0.05, 0) is 30.5 Å². The number of hydrogen-bond donors (Lipinski definition) is 1. The first-order chi connectivity index (χ1) is 13.7. The Morgan fingerprint density at radius 3 is 2.57 bits per heavy atom. The van der Waals surface area contributed by atoms with Crippen molar-refractivity contribution in [3.05, 3.63) is 72.1 Å². The normalized spacial score (nSPS) is 16.3. The third kappa shape index (κ3) is 4.04. The van der Waals surface area contributed by atoms with Gasteiger partial charge in [-0.15, -0.1) is 10.2 Å². The zero-order valence-corrected chi connectivity index (χ0v) is 16.6. The molecule has 28 heavy (non-hydrogen) atoms. The second-order valence-corrected chi connectivity index (χ2v) is 7.76. The first kappa shape index (κ1) is 18.6. The lowest BCUT2D eigenvalue weighted by atomic mass is 10.2. The van der Waals surface area contributed by atoms with Crippen LogP contribution in [0.1, 0.15) is 30.3 Å². The number of aromatic nitrogens is 3. The Morgan fingerprint density at radius 2 is 1.82 bits per heavy atom. The summed E-state index contributed by atoms with van der Waals surface area (Å²) in [5.74, 6) is 1.69. The molecule has 0 unspecified atom stereocenters. The third-order valence-electron chi connectivity index (χ3n) is 4.92. The highest BCUT2D eigenvalue weighted by atomic mass is 32.2. The fourth-order valence-electron chi connectivity index (χ4n) is 3.46. The fraction of sp³-hybridized carbons (Fsp3) is 0.286. The molecule has 0 spiro atoms. The number of anilines is 1. The predicted octanol–water partition coefficient (Wildman–Crippen LogP) is 4.48. The number of urea groups is 1. The number of hydrogen-bond acceptors (Lipinski definition) is 4. The lowest BCUT2D eigenvalue weighted by Gasteiger charge is -2.24. The van der Waals surface area contributed by atoms with Gasteiger partial charge >= 0.3 is 6.03 Å². The number of likely N-dealkylation sites (tertiary alicyclic amines) is 1. The van der Waals surface area contributed by atoms with Gasteiger partial charge in [-0.1, -0.05) is 60.3 Å². The number of para-hydroxylation sites is 1. The Bertz CT molecular complexity index is 928. The smallest absolute Gasteiger partial charge is 0.314 e. The maximum Gasteiger partial charge on any atom is 0.322 e. The lowest BCUT2D eigenvalue weighted by molar-refractivity contribution is 0.204. The van der Waals surface area contributed by atoms with Crippen LogP contribution in [-0.2, 0) is 12.8 Å². The summed E-state index contributed by atoms with van der Waals surface area (Å²) in [4.78, 5) is 14.6. The van der Waals surface area contributed by atoms with Gasteiger partial charge in [0.2, 0.25) is 0 Å². The fourth-order valence-corrected chi connectivity index (χ4v) is 4.33. The van der Waals surface area contributed by atoms with E-state index in [-0.39, 0.29) is 12.1 Å². The molecule has 144 valence electrons. The standard InChI is InChI=1S/C21H23N5OS/c1-25-19(23-24-21(25)28-15-16-9-4-2-5-10-16)18-13-8-14-26(18)20(27)22-17-11-6-3-7-12-17/h2-7,9-12,18H,8,13-15H2,1H3,(H,22,27)/t18-/m1/s1. The third-order valence-corrected chi connectivity index (χ3v) is 6.01. The van der Waals surface area contributed by atoms with E-state index < -0.39 is 0 Å². The molecule has 2 aromatic carbocycles. The molecule has 2 heterocycles. The molecule has 1 saturated heterocycles. The van der Waals surface area contributed by atoms with Crippen molar-refractivity contribution in [2.24, 2.45) is 7.05 Å². The minimum absolute atomic E-state index is 0.0488. The number of thioether (sulfide) groups is 1. The molecule has 1 fully saturated rings. The van der Waals surface area contributed by atoms with Gasteiger partial charge in [-0.3, -0.25) is 0 Å². The SMILES string of the molecule is Cn1c(SCc2ccccc2)nnc1[C@H]1CCCN1C(=O)Nc1ccccc1. The number of carbonyl (C=O) groups excluding carboxylic acids is 1. The molecule has 2 amide bonds. The van der Waals surface area contributed by atoms with Crippen LogP contribution in [0.15, 0.2) is 65.8 Å². The average Bonchev–Trinajstić information content (AvgIpc) is 3.34. The van der Waals surface area contributed by atoms with Crippen LogP contribution >= 0.6 is 11.8 Å². The molecule has 3 aromatic rings. The summed E-state index contributed by atoms with van der Waals surface area (Å²) in [6.07, 6.45) is 1.86. The van der Waals surface area contributed by atoms with Crippen molar-refractivity contribution < 1.29 is 4.79 Å². The summed E-state index contributed by atoms with van der Waals surface area (Å²) in [7, 11) is 1.98. The highest BCUT2D eigenvalue weighted by Gasteiger charge is 2.33. The van der Waals surface area contributed by atoms with Gasteiger partial charge in [0.1, 0.15) is 0 Å². The van der Waals surface area contributed by atoms with Crippen molar-refractivity contribution in [3.8, 4) is 0 Å². The zero-order valence-electron chi connectivity index (χ0n) is 15.8. The van der Waals surface area contributed by atoms with E-state index in [9.17, 15) is 4.79 Å². The minimum Gasteiger partial charge on any atom is -0.314 e. The number of amides is 2. The first-order valence-electron chi connectivity index (χ1n) is 9.41. The summed E-state index contributed by atoms with van der Waals surface area (Å²) in [5.41, 5.74) is 2.05. The molecule has 1 aromatic heterocycles. The second-order valence-electron chi connectivity index (χ2n) is 6.82. The minimum atomic E-state index is -0.0878. The molecule has 6 nitrogen and oxygen atoms in total. The number of rotatable bonds is 5. The highest BCUT2D eigenvalue weighted by Crippen LogP contribution is 2.33. The Balaban J connectivity index is 1.45. The van der Waals surface area contributed by atoms with E-state index in [1.165, 1.54) is 5.56 Å². The van der Waals surface area contributed by atoms with Gasteiger partial charge in [-0.25, -0.2) is 4.79 Å². The van der Waals surface area contributed by atoms with Crippen LogP contribution in [0.25, 0.3) is 0 Å². The van der Waals surface area contributed by atoms with Crippen molar-refractivity contribution >= 4 is 23.5 Å². The van der Waals surface area contributed by atoms with Gasteiger partial charge in [0.25, 0.3) is 0 Å². The Kier molecular flexibility index (Phi) is 5.62. The Morgan fingerprint density at radius 1 is 1.11 bits per heavy atom. The van der Waals surface area contributed by atoms with Crippen LogP contribution < -0.4 is 5.32 Å². The average molecular weight is 394 g/mol. The summed E-state index contributed by atoms with van der Waals surface area (Å²) in [6, 6.07) is 19.7. The molecule has 0 bridgehead atoms. The molecule has 0 saturated carbocycles. The molecular weight excluding hydrogens is 370 g/mol. The van der Waals surface area contributed by atoms with Crippen LogP contribution in [0.4, 0.5) is 10.5 Å². The van der Waals surface area contributed by atoms with E-state index in [1.807, 2.05) is 65.0 Å². The van der Waals surface area contributed by atoms with Crippen molar-refractivity contribution in [1.29, 1.82) is 0 Å². The van der Waals surface area contributed by atoms with E-state index in [4.69, 9.17) is 0 Å². The molecule has 1 N–H and O–H groups in total. The molecule has 1 aliphatic heterocycles. The van der Waals surface area contributed by atoms with Gasteiger partial charge in [0.05, 0.1) is 6.04 Å². The van der Waals surface area contributed by atoms with E-state index in [0.717, 1.165) is 41.8 Å². The van der Waals surface area contributed by atoms with Crippen molar-refractivity contribution in [2.45, 2.75) is 29.8 Å². The summed E-state index contributed by atoms with van der Waals surface area (Å²) >= 11 is 1.66. The topological polar surface area (TPSA) is 63.1 Å². The van der Waals surface area contributed by atoms with Crippen LogP contribution in [0.3, 0.4) is 0 Å². The summed E-state index contributed by atoms with van der Waals surface area (Å²) in [6.45, 7) is 0.725. The number of benzene rings is 2. The van der Waals surface area contributed by atoms with E-state index in [2.05, 4.69) is 27.6 Å². The number of nitrogens with one attached hydrogen (secondary N) is 1. The molecule has 0 radical (unpaired) electrons. The van der Waals surface area contributed by atoms with Gasteiger partial charge < -0.3 is 14.8 Å². The Labute approximate surface area is 169 Å². The first-order valence-corrected chi connectivity index (χ1v) is 10.4. The van der Waals surface area contributed by atoms with Gasteiger partial charge in [0.15, 0.2) is 11.0 Å². The quantitative estimate of drug-likeness (QED) is 0.650. The maximum absolute atomic E-state index is 12.8. The Hall–Kier alpha value is -2.80. The van der Waals surface area contributed by atoms with Crippen molar-refractivity contribution in [3.63, 3.8) is 0 Å². The molecule has 1 atom stereocenters. The van der Waals surface area contributed by atoms with Crippen LogP contribution in [0.5, 0.6) is 0 Å². The van der Waals surface area contributed by atoms with Gasteiger partial charge in [-0.2, -0.15) is 0 Å². The van der Waals surface area contributed by atoms with E-state index in [0.29, 0.717) is 0 Å². The zero-order chi connectivity index (χ0) is 19.3. The molecule has 0 aliphatic carbocycles. The van der Waals surface area contributed by atoms with Gasteiger partial charge in [0, 0.05) is 25.0 Å². The highest BCUT2D eigenvalue weighted by molar-refractivity contribution is 7.98. The number of carbonyl (C=O) groups is 1. The number of nitrogens with zero attached hydrogens (tertiary/aromatic N) is 4. The summed E-state index contributed by atoms with van der Waals surface area (Å²) in [5, 5.41) is 12.6. The largest absolute Gasteiger partial charge is 0.322 e. The lowest BCUT2D eigenvalue weighted by Crippen LogP contribution is -2.35. The molecular formula is C21H23N5OS. The summed E-state index contributed by atoms with van der Waals surface area (Å²) < 4.78 is 2.02. The monoisotopic (exact) mass is 393 g/mol. The molecule has 4 rings (SSSR count). The van der Waals surface area contributed by atoms with Crippen molar-refractivity contribution in [1.82, 2.24) is 19.7 Å². The molecule has 7 heteroatoms. The van der Waals surface area contributed by atoms with Crippen molar-refractivity contribution in [2.75, 3.05) is 11.9 Å². The predicted molar refractivity (Wildman–Crippen MR) is 111 cm³/mol. The second kappa shape index (κ2) is 8.48. The maximum atomic E-state index is 12.8.